The summed E-state index contributed by atoms with van der Waals surface area (Å²) in [6.07, 6.45) is 7.51. The smallest absolute Gasteiger partial charge is 0.274 e. The maximum absolute atomic E-state index is 12.3. The molecule has 0 bridgehead atoms. The van der Waals surface area contributed by atoms with Gasteiger partial charge >= 0.3 is 0 Å². The lowest BCUT2D eigenvalue weighted by Gasteiger charge is -2.38. The minimum absolute atomic E-state index is 0.0442. The van der Waals surface area contributed by atoms with E-state index < -0.39 is 0 Å². The number of piperidine rings is 1. The van der Waals surface area contributed by atoms with Crippen LogP contribution in [0.4, 0.5) is 0 Å². The highest BCUT2D eigenvalue weighted by atomic mass is 16.6. The number of aromatic nitrogens is 2. The van der Waals surface area contributed by atoms with Crippen LogP contribution in [0.5, 0.6) is 0 Å². The summed E-state index contributed by atoms with van der Waals surface area (Å²) in [4.78, 5) is 22.2. The first-order valence-electron chi connectivity index (χ1n) is 7.53. The average Bonchev–Trinajstić information content (AvgIpc) is 2.91. The largest absolute Gasteiger partial charge is 0.376 e. The van der Waals surface area contributed by atoms with Gasteiger partial charge < -0.3 is 14.4 Å². The number of hydrogen-bond acceptors (Lipinski definition) is 5. The number of likely N-dealkylation sites (tertiary alicyclic amines) is 1. The van der Waals surface area contributed by atoms with Gasteiger partial charge in [-0.3, -0.25) is 9.78 Å². The fourth-order valence-electron chi connectivity index (χ4n) is 3.18. The molecule has 21 heavy (non-hydrogen) atoms. The molecule has 2 fully saturated rings. The summed E-state index contributed by atoms with van der Waals surface area (Å²) >= 11 is 0. The molecule has 1 unspecified atom stereocenters. The second-order valence-corrected chi connectivity index (χ2v) is 5.66. The number of amides is 1. The zero-order valence-corrected chi connectivity index (χ0v) is 12.3. The molecule has 0 aliphatic carbocycles. The minimum atomic E-state index is -0.0982. The van der Waals surface area contributed by atoms with Crippen LogP contribution in [0.2, 0.25) is 0 Å². The van der Waals surface area contributed by atoms with Crippen LogP contribution in [0, 0.1) is 0 Å². The van der Waals surface area contributed by atoms with Gasteiger partial charge in [-0.15, -0.1) is 0 Å². The fourth-order valence-corrected chi connectivity index (χ4v) is 3.18. The highest BCUT2D eigenvalue weighted by Crippen LogP contribution is 2.37. The maximum atomic E-state index is 12.3. The van der Waals surface area contributed by atoms with Crippen molar-refractivity contribution in [2.45, 2.75) is 37.9 Å². The standard InChI is InChI=1S/C15H21N3O3/c1-2-20-12-9-15(21-11-12)3-7-18(8-4-15)14(19)13-10-16-5-6-17-13/h5-6,10,12H,2-4,7-9,11H2,1H3. The number of hydrogen-bond donors (Lipinski definition) is 0. The van der Waals surface area contributed by atoms with E-state index in [1.54, 1.807) is 12.4 Å². The molecular weight excluding hydrogens is 270 g/mol. The van der Waals surface area contributed by atoms with Crippen LogP contribution in [-0.2, 0) is 9.47 Å². The van der Waals surface area contributed by atoms with Crippen LogP contribution in [0.1, 0.15) is 36.7 Å². The molecule has 1 aromatic rings. The Balaban J connectivity index is 1.57. The third-order valence-electron chi connectivity index (χ3n) is 4.32. The molecule has 0 saturated carbocycles. The minimum Gasteiger partial charge on any atom is -0.376 e. The van der Waals surface area contributed by atoms with Crippen LogP contribution in [0.15, 0.2) is 18.6 Å². The monoisotopic (exact) mass is 291 g/mol. The van der Waals surface area contributed by atoms with E-state index in [-0.39, 0.29) is 17.6 Å². The van der Waals surface area contributed by atoms with Crippen LogP contribution in [-0.4, -0.2) is 58.8 Å². The van der Waals surface area contributed by atoms with E-state index in [9.17, 15) is 4.79 Å². The number of carbonyl (C=O) groups is 1. The molecule has 3 heterocycles. The second kappa shape index (κ2) is 6.07. The fraction of sp³-hybridized carbons (Fsp3) is 0.667. The summed E-state index contributed by atoms with van der Waals surface area (Å²) in [5.41, 5.74) is 0.312. The molecule has 1 amide bonds. The molecule has 1 aromatic heterocycles. The Labute approximate surface area is 124 Å². The first-order valence-corrected chi connectivity index (χ1v) is 7.53. The van der Waals surface area contributed by atoms with Crippen molar-refractivity contribution in [2.24, 2.45) is 0 Å². The summed E-state index contributed by atoms with van der Waals surface area (Å²) in [6.45, 7) is 4.81. The topological polar surface area (TPSA) is 64.6 Å². The van der Waals surface area contributed by atoms with Crippen molar-refractivity contribution >= 4 is 5.91 Å². The van der Waals surface area contributed by atoms with E-state index in [0.29, 0.717) is 25.4 Å². The van der Waals surface area contributed by atoms with Crippen molar-refractivity contribution in [1.82, 2.24) is 14.9 Å². The molecule has 3 rings (SSSR count). The highest BCUT2D eigenvalue weighted by molar-refractivity contribution is 5.92. The summed E-state index contributed by atoms with van der Waals surface area (Å²) < 4.78 is 11.6. The lowest BCUT2D eigenvalue weighted by atomic mass is 9.88. The normalized spacial score (nSPS) is 24.4. The molecule has 2 aliphatic rings. The molecule has 2 aliphatic heterocycles. The SMILES string of the molecule is CCOC1COC2(CCN(C(=O)c3cnccn3)CC2)C1. The van der Waals surface area contributed by atoms with E-state index in [4.69, 9.17) is 9.47 Å². The van der Waals surface area contributed by atoms with Crippen LogP contribution in [0.3, 0.4) is 0 Å². The van der Waals surface area contributed by atoms with Crippen molar-refractivity contribution in [3.63, 3.8) is 0 Å². The Kier molecular flexibility index (Phi) is 4.17. The summed E-state index contributed by atoms with van der Waals surface area (Å²) in [5.74, 6) is -0.0442. The zero-order valence-electron chi connectivity index (χ0n) is 12.3. The van der Waals surface area contributed by atoms with Gasteiger partial charge in [0.25, 0.3) is 5.91 Å². The van der Waals surface area contributed by atoms with Gasteiger partial charge in [-0.2, -0.15) is 0 Å². The quantitative estimate of drug-likeness (QED) is 0.839. The van der Waals surface area contributed by atoms with Crippen molar-refractivity contribution in [2.75, 3.05) is 26.3 Å². The summed E-state index contributed by atoms with van der Waals surface area (Å²) in [6, 6.07) is 0. The number of ether oxygens (including phenoxy) is 2. The first-order chi connectivity index (χ1) is 10.2. The Bertz CT molecular complexity index is 486. The molecule has 6 heteroatoms. The van der Waals surface area contributed by atoms with Gasteiger partial charge in [-0.05, 0) is 19.8 Å². The Hall–Kier alpha value is -1.53. The van der Waals surface area contributed by atoms with Crippen molar-refractivity contribution in [1.29, 1.82) is 0 Å². The van der Waals surface area contributed by atoms with E-state index in [1.165, 1.54) is 6.20 Å². The summed E-state index contributed by atoms with van der Waals surface area (Å²) in [7, 11) is 0. The Morgan fingerprint density at radius 2 is 2.29 bits per heavy atom. The van der Waals surface area contributed by atoms with Gasteiger partial charge in [-0.25, -0.2) is 4.98 Å². The van der Waals surface area contributed by atoms with Gasteiger partial charge in [0.15, 0.2) is 0 Å². The zero-order chi connectivity index (χ0) is 14.7. The molecule has 6 nitrogen and oxygen atoms in total. The van der Waals surface area contributed by atoms with Crippen LogP contribution >= 0.6 is 0 Å². The molecule has 0 aromatic carbocycles. The lowest BCUT2D eigenvalue weighted by Crippen LogP contribution is -2.46. The second-order valence-electron chi connectivity index (χ2n) is 5.66. The van der Waals surface area contributed by atoms with Crippen LogP contribution < -0.4 is 0 Å². The summed E-state index contributed by atoms with van der Waals surface area (Å²) in [5, 5.41) is 0. The van der Waals surface area contributed by atoms with E-state index in [1.807, 2.05) is 11.8 Å². The Morgan fingerprint density at radius 3 is 2.95 bits per heavy atom. The van der Waals surface area contributed by atoms with E-state index >= 15 is 0 Å². The van der Waals surface area contributed by atoms with Crippen molar-refractivity contribution in [3.05, 3.63) is 24.3 Å². The number of rotatable bonds is 3. The lowest BCUT2D eigenvalue weighted by molar-refractivity contribution is -0.0408. The third kappa shape index (κ3) is 3.06. The Morgan fingerprint density at radius 1 is 1.48 bits per heavy atom. The molecule has 2 saturated heterocycles. The molecular formula is C15H21N3O3. The van der Waals surface area contributed by atoms with Gasteiger partial charge in [0.1, 0.15) is 5.69 Å². The van der Waals surface area contributed by atoms with Gasteiger partial charge in [0.05, 0.1) is 24.5 Å². The van der Waals surface area contributed by atoms with Gasteiger partial charge in [-0.1, -0.05) is 0 Å². The average molecular weight is 291 g/mol. The van der Waals surface area contributed by atoms with E-state index in [0.717, 1.165) is 25.9 Å². The van der Waals surface area contributed by atoms with Gasteiger partial charge in [0.2, 0.25) is 0 Å². The number of carbonyl (C=O) groups excluding carboxylic acids is 1. The molecule has 0 radical (unpaired) electrons. The predicted molar refractivity (Wildman–Crippen MR) is 75.9 cm³/mol. The number of nitrogens with zero attached hydrogens (tertiary/aromatic N) is 3. The third-order valence-corrected chi connectivity index (χ3v) is 4.32. The molecule has 114 valence electrons. The van der Waals surface area contributed by atoms with Crippen molar-refractivity contribution in [3.8, 4) is 0 Å². The molecule has 0 N–H and O–H groups in total. The van der Waals surface area contributed by atoms with Crippen molar-refractivity contribution < 1.29 is 14.3 Å². The first kappa shape index (κ1) is 14.4. The predicted octanol–water partition coefficient (Wildman–Crippen LogP) is 1.28. The maximum Gasteiger partial charge on any atom is 0.274 e. The van der Waals surface area contributed by atoms with Crippen LogP contribution in [0.25, 0.3) is 0 Å². The molecule has 1 atom stereocenters. The van der Waals surface area contributed by atoms with E-state index in [2.05, 4.69) is 9.97 Å². The molecule has 1 spiro atoms. The highest BCUT2D eigenvalue weighted by Gasteiger charge is 2.43. The van der Waals surface area contributed by atoms with Gasteiger partial charge in [0, 0.05) is 38.5 Å².